The number of amides is 1. The maximum absolute atomic E-state index is 13.0. The zero-order valence-corrected chi connectivity index (χ0v) is 10.9. The van der Waals surface area contributed by atoms with Crippen molar-refractivity contribution in [3.05, 3.63) is 61.1 Å². The molecule has 0 saturated heterocycles. The van der Waals surface area contributed by atoms with Crippen LogP contribution in [0.25, 0.3) is 0 Å². The monoisotopic (exact) mass is 327 g/mol. The summed E-state index contributed by atoms with van der Waals surface area (Å²) in [6.45, 7) is 0. The van der Waals surface area contributed by atoms with Gasteiger partial charge in [0.2, 0.25) is 0 Å². The third kappa shape index (κ3) is 3.16. The lowest BCUT2D eigenvalue weighted by atomic mass is 10.3. The lowest BCUT2D eigenvalue weighted by Gasteiger charge is -2.06. The first-order chi connectivity index (χ1) is 8.95. The summed E-state index contributed by atoms with van der Waals surface area (Å²) in [5, 5.41) is 2.37. The molecule has 0 aliphatic rings. The van der Waals surface area contributed by atoms with Gasteiger partial charge in [0.15, 0.2) is 0 Å². The van der Waals surface area contributed by atoms with Crippen LogP contribution in [-0.4, -0.2) is 15.9 Å². The minimum absolute atomic E-state index is 0.186. The Hall–Kier alpha value is -2.22. The molecule has 1 aromatic heterocycles. The number of aromatic nitrogens is 2. The first-order valence-corrected chi connectivity index (χ1v) is 5.85. The maximum atomic E-state index is 13.0. The number of nitrogens with one attached hydrogen (secondary N) is 3. The van der Waals surface area contributed by atoms with E-state index in [0.29, 0.717) is 4.47 Å². The number of H-pyrrole nitrogens is 2. The molecule has 19 heavy (non-hydrogen) atoms. The number of aromatic amines is 2. The van der Waals surface area contributed by atoms with Gasteiger partial charge in [-0.15, -0.1) is 0 Å². The van der Waals surface area contributed by atoms with E-state index in [9.17, 15) is 18.8 Å². The van der Waals surface area contributed by atoms with Crippen molar-refractivity contribution >= 4 is 27.5 Å². The molecule has 2 aromatic rings. The SMILES string of the molecule is O=C(Nc1cc(F)ccc1Br)c1cc(=O)[nH]c(=O)[nH]1. The predicted molar refractivity (Wildman–Crippen MR) is 69.7 cm³/mol. The molecule has 0 spiro atoms. The number of halogens is 2. The van der Waals surface area contributed by atoms with Crippen molar-refractivity contribution in [2.24, 2.45) is 0 Å². The fourth-order valence-electron chi connectivity index (χ4n) is 1.37. The molecule has 1 aromatic carbocycles. The highest BCUT2D eigenvalue weighted by molar-refractivity contribution is 9.10. The standard InChI is InChI=1S/C11H7BrFN3O3/c12-6-2-1-5(13)3-7(6)14-10(18)8-4-9(17)16-11(19)15-8/h1-4H,(H,14,18)(H2,15,16,17,19). The van der Waals surface area contributed by atoms with Gasteiger partial charge in [-0.3, -0.25) is 14.6 Å². The van der Waals surface area contributed by atoms with E-state index in [1.54, 1.807) is 0 Å². The molecule has 1 amide bonds. The molecular weight excluding hydrogens is 321 g/mol. The molecule has 0 radical (unpaired) electrons. The first-order valence-electron chi connectivity index (χ1n) is 5.06. The van der Waals surface area contributed by atoms with E-state index in [0.717, 1.165) is 12.1 Å². The van der Waals surface area contributed by atoms with Gasteiger partial charge in [0.05, 0.1) is 5.69 Å². The average Bonchev–Trinajstić information content (AvgIpc) is 2.32. The van der Waals surface area contributed by atoms with Gasteiger partial charge in [0, 0.05) is 10.5 Å². The normalized spacial score (nSPS) is 10.2. The zero-order chi connectivity index (χ0) is 14.0. The van der Waals surface area contributed by atoms with Gasteiger partial charge in [-0.2, -0.15) is 0 Å². The highest BCUT2D eigenvalue weighted by Crippen LogP contribution is 2.23. The summed E-state index contributed by atoms with van der Waals surface area (Å²) >= 11 is 3.14. The van der Waals surface area contributed by atoms with E-state index in [4.69, 9.17) is 0 Å². The van der Waals surface area contributed by atoms with E-state index in [2.05, 4.69) is 26.2 Å². The third-order valence-corrected chi connectivity index (χ3v) is 2.87. The van der Waals surface area contributed by atoms with Crippen LogP contribution in [0.4, 0.5) is 10.1 Å². The molecule has 8 heteroatoms. The molecule has 0 aliphatic carbocycles. The van der Waals surface area contributed by atoms with Crippen molar-refractivity contribution in [3.8, 4) is 0 Å². The van der Waals surface area contributed by atoms with Crippen molar-refractivity contribution in [2.75, 3.05) is 5.32 Å². The van der Waals surface area contributed by atoms with Crippen LogP contribution >= 0.6 is 15.9 Å². The van der Waals surface area contributed by atoms with Crippen molar-refractivity contribution in [3.63, 3.8) is 0 Å². The molecule has 0 unspecified atom stereocenters. The van der Waals surface area contributed by atoms with E-state index in [1.165, 1.54) is 12.1 Å². The maximum Gasteiger partial charge on any atom is 0.326 e. The molecule has 6 nitrogen and oxygen atoms in total. The Labute approximate surface area is 113 Å². The number of benzene rings is 1. The number of anilines is 1. The quantitative estimate of drug-likeness (QED) is 0.773. The summed E-state index contributed by atoms with van der Waals surface area (Å²) in [6.07, 6.45) is 0. The summed E-state index contributed by atoms with van der Waals surface area (Å²) < 4.78 is 13.5. The van der Waals surface area contributed by atoms with Crippen LogP contribution in [0.2, 0.25) is 0 Å². The predicted octanol–water partition coefficient (Wildman–Crippen LogP) is 1.22. The van der Waals surface area contributed by atoms with Crippen LogP contribution in [0.1, 0.15) is 10.5 Å². The smallest absolute Gasteiger partial charge is 0.320 e. The van der Waals surface area contributed by atoms with Crippen LogP contribution in [0.5, 0.6) is 0 Å². The molecular formula is C11H7BrFN3O3. The van der Waals surface area contributed by atoms with Gasteiger partial charge in [-0.05, 0) is 34.1 Å². The minimum atomic E-state index is -0.795. The molecule has 2 rings (SSSR count). The van der Waals surface area contributed by atoms with Gasteiger partial charge < -0.3 is 10.3 Å². The van der Waals surface area contributed by atoms with E-state index >= 15 is 0 Å². The highest BCUT2D eigenvalue weighted by atomic mass is 79.9. The summed E-state index contributed by atoms with van der Waals surface area (Å²) in [6, 6.07) is 4.68. The van der Waals surface area contributed by atoms with Gasteiger partial charge in [0.25, 0.3) is 11.5 Å². The Kier molecular flexibility index (Phi) is 3.61. The Morgan fingerprint density at radius 1 is 1.21 bits per heavy atom. The number of hydrogen-bond acceptors (Lipinski definition) is 3. The van der Waals surface area contributed by atoms with Gasteiger partial charge in [-0.25, -0.2) is 9.18 Å². The summed E-state index contributed by atoms with van der Waals surface area (Å²) in [7, 11) is 0. The molecule has 3 N–H and O–H groups in total. The topological polar surface area (TPSA) is 94.8 Å². The van der Waals surface area contributed by atoms with Crippen LogP contribution < -0.4 is 16.6 Å². The fourth-order valence-corrected chi connectivity index (χ4v) is 1.72. The largest absolute Gasteiger partial charge is 0.326 e. The molecule has 0 atom stereocenters. The second-order valence-corrected chi connectivity index (χ2v) is 4.43. The Morgan fingerprint density at radius 3 is 2.63 bits per heavy atom. The number of hydrogen-bond donors (Lipinski definition) is 3. The average molecular weight is 328 g/mol. The second-order valence-electron chi connectivity index (χ2n) is 3.58. The van der Waals surface area contributed by atoms with Crippen molar-refractivity contribution < 1.29 is 9.18 Å². The van der Waals surface area contributed by atoms with Gasteiger partial charge in [0.1, 0.15) is 11.5 Å². The van der Waals surface area contributed by atoms with Crippen LogP contribution in [-0.2, 0) is 0 Å². The van der Waals surface area contributed by atoms with Crippen molar-refractivity contribution in [2.45, 2.75) is 0 Å². The van der Waals surface area contributed by atoms with Crippen LogP contribution in [0.3, 0.4) is 0 Å². The lowest BCUT2D eigenvalue weighted by Crippen LogP contribution is -2.27. The third-order valence-electron chi connectivity index (χ3n) is 2.18. The Bertz CT molecular complexity index is 725. The number of rotatable bonds is 2. The Morgan fingerprint density at radius 2 is 1.95 bits per heavy atom. The lowest BCUT2D eigenvalue weighted by molar-refractivity contribution is 0.102. The molecule has 0 fully saturated rings. The van der Waals surface area contributed by atoms with Crippen molar-refractivity contribution in [1.29, 1.82) is 0 Å². The molecule has 1 heterocycles. The summed E-state index contributed by atoms with van der Waals surface area (Å²) in [5.41, 5.74) is -1.53. The first kappa shape index (κ1) is 13.2. The summed E-state index contributed by atoms with van der Waals surface area (Å²) in [5.74, 6) is -1.26. The molecule has 0 saturated carbocycles. The van der Waals surface area contributed by atoms with E-state index in [1.807, 2.05) is 4.98 Å². The van der Waals surface area contributed by atoms with E-state index in [-0.39, 0.29) is 11.4 Å². The highest BCUT2D eigenvalue weighted by Gasteiger charge is 2.11. The Balaban J connectivity index is 2.33. The van der Waals surface area contributed by atoms with Gasteiger partial charge >= 0.3 is 5.69 Å². The van der Waals surface area contributed by atoms with E-state index < -0.39 is 23.0 Å². The molecule has 0 aliphatic heterocycles. The summed E-state index contributed by atoms with van der Waals surface area (Å²) in [4.78, 5) is 38.0. The van der Waals surface area contributed by atoms with Crippen LogP contribution in [0, 0.1) is 5.82 Å². The second kappa shape index (κ2) is 5.19. The number of carbonyl (C=O) groups excluding carboxylic acids is 1. The van der Waals surface area contributed by atoms with Gasteiger partial charge in [-0.1, -0.05) is 0 Å². The van der Waals surface area contributed by atoms with Crippen LogP contribution in [0.15, 0.2) is 38.3 Å². The molecule has 98 valence electrons. The minimum Gasteiger partial charge on any atom is -0.320 e. The fraction of sp³-hybridized carbons (Fsp3) is 0. The van der Waals surface area contributed by atoms with Crippen molar-refractivity contribution in [1.82, 2.24) is 9.97 Å². The zero-order valence-electron chi connectivity index (χ0n) is 9.29. The number of carbonyl (C=O) groups is 1. The molecule has 0 bridgehead atoms.